The molecule has 7 heteroatoms. The number of hydrogen-bond donors (Lipinski definition) is 2. The minimum absolute atomic E-state index is 0.0264. The molecule has 2 N–H and O–H groups in total. The fraction of sp³-hybridized carbons (Fsp3) is 0.600. The Hall–Kier alpha value is -2.54. The summed E-state index contributed by atoms with van der Waals surface area (Å²) < 4.78 is 8.69. The van der Waals surface area contributed by atoms with Gasteiger partial charge < -0.3 is 15.2 Å². The van der Waals surface area contributed by atoms with E-state index in [1.165, 1.54) is 24.2 Å². The van der Waals surface area contributed by atoms with Gasteiger partial charge in [-0.2, -0.15) is 5.10 Å². The molecule has 0 spiro atoms. The minimum Gasteiger partial charge on any atom is -0.489 e. The van der Waals surface area contributed by atoms with E-state index in [2.05, 4.69) is 16.2 Å². The van der Waals surface area contributed by atoms with Gasteiger partial charge in [-0.05, 0) is 88.9 Å². The van der Waals surface area contributed by atoms with Crippen molar-refractivity contribution in [1.82, 2.24) is 15.1 Å². The molecule has 4 aliphatic rings. The van der Waals surface area contributed by atoms with Crippen LogP contribution in [-0.4, -0.2) is 46.2 Å². The second-order valence-electron chi connectivity index (χ2n) is 10.2. The van der Waals surface area contributed by atoms with Crippen LogP contribution < -0.4 is 15.0 Å². The Morgan fingerprint density at radius 1 is 1.19 bits per heavy atom. The number of amides is 1. The molecule has 2 unspecified atom stereocenters. The maximum atomic E-state index is 12.0. The first-order chi connectivity index (χ1) is 15.6. The molecule has 0 radical (unpaired) electrons. The number of nitrogens with one attached hydrogen (secondary N) is 1. The smallest absolute Gasteiger partial charge is 0.412 e. The number of benzene rings is 1. The largest absolute Gasteiger partial charge is 0.489 e. The molecular formula is C25H32N4O3. The topological polar surface area (TPSA) is 79.6 Å². The van der Waals surface area contributed by atoms with E-state index in [1.54, 1.807) is 0 Å². The van der Waals surface area contributed by atoms with Crippen molar-refractivity contribution in [3.63, 3.8) is 0 Å². The molecule has 2 saturated carbocycles. The first kappa shape index (κ1) is 20.1. The summed E-state index contributed by atoms with van der Waals surface area (Å²) in [6.45, 7) is 4.25. The summed E-state index contributed by atoms with van der Waals surface area (Å²) in [7, 11) is 0. The van der Waals surface area contributed by atoms with Gasteiger partial charge in [0.25, 0.3) is 0 Å². The average molecular weight is 437 g/mol. The third-order valence-electron chi connectivity index (χ3n) is 8.21. The molecule has 32 heavy (non-hydrogen) atoms. The van der Waals surface area contributed by atoms with Gasteiger partial charge in [-0.1, -0.05) is 0 Å². The third kappa shape index (κ3) is 3.29. The molecule has 3 heterocycles. The van der Waals surface area contributed by atoms with Crippen LogP contribution in [0.3, 0.4) is 0 Å². The van der Waals surface area contributed by atoms with E-state index in [0.717, 1.165) is 78.7 Å². The Kier molecular flexibility index (Phi) is 4.90. The number of anilines is 1. The van der Waals surface area contributed by atoms with Crippen LogP contribution in [0.1, 0.15) is 57.1 Å². The fourth-order valence-corrected chi connectivity index (χ4v) is 6.14. The summed E-state index contributed by atoms with van der Waals surface area (Å²) in [6, 6.07) is 4.44. The van der Waals surface area contributed by atoms with E-state index in [0.29, 0.717) is 6.04 Å². The molecule has 2 aliphatic carbocycles. The number of ether oxygens (including phenoxy) is 1. The molecular weight excluding hydrogens is 404 g/mol. The highest BCUT2D eigenvalue weighted by atomic mass is 16.5. The fourth-order valence-electron chi connectivity index (χ4n) is 6.14. The van der Waals surface area contributed by atoms with E-state index in [-0.39, 0.29) is 12.1 Å². The highest BCUT2D eigenvalue weighted by Crippen LogP contribution is 2.46. The van der Waals surface area contributed by atoms with Gasteiger partial charge in [0.2, 0.25) is 0 Å². The number of hydrogen-bond acceptors (Lipinski definition) is 4. The number of nitrogens with zero attached hydrogens (tertiary/aromatic N) is 3. The quantitative estimate of drug-likeness (QED) is 0.739. The summed E-state index contributed by atoms with van der Waals surface area (Å²) in [6.07, 6.45) is 10.8. The van der Waals surface area contributed by atoms with Crippen LogP contribution in [-0.2, 0) is 6.42 Å². The predicted octanol–water partition coefficient (Wildman–Crippen LogP) is 4.47. The highest BCUT2D eigenvalue weighted by molar-refractivity contribution is 5.91. The van der Waals surface area contributed by atoms with Crippen molar-refractivity contribution in [2.75, 3.05) is 18.0 Å². The molecule has 3 fully saturated rings. The molecule has 1 aromatic heterocycles. The van der Waals surface area contributed by atoms with Gasteiger partial charge in [-0.3, -0.25) is 9.58 Å². The molecule has 6 rings (SSSR count). The Labute approximate surface area is 188 Å². The van der Waals surface area contributed by atoms with Gasteiger partial charge in [-0.25, -0.2) is 4.79 Å². The molecule has 3 atom stereocenters. The molecule has 0 bridgehead atoms. The predicted molar refractivity (Wildman–Crippen MR) is 122 cm³/mol. The molecule has 2 aliphatic heterocycles. The molecule has 1 aromatic carbocycles. The number of rotatable bonds is 4. The molecule has 7 nitrogen and oxygen atoms in total. The molecule has 170 valence electrons. The lowest BCUT2D eigenvalue weighted by Crippen LogP contribution is -2.41. The van der Waals surface area contributed by atoms with Gasteiger partial charge in [0, 0.05) is 28.9 Å². The van der Waals surface area contributed by atoms with Crippen LogP contribution in [0.4, 0.5) is 10.5 Å². The van der Waals surface area contributed by atoms with Crippen LogP contribution in [0.15, 0.2) is 24.5 Å². The van der Waals surface area contributed by atoms with Gasteiger partial charge in [0.15, 0.2) is 0 Å². The normalized spacial score (nSPS) is 29.5. The second kappa shape index (κ2) is 7.80. The minimum atomic E-state index is -0.894. The van der Waals surface area contributed by atoms with Crippen molar-refractivity contribution >= 4 is 11.8 Å². The maximum Gasteiger partial charge on any atom is 0.412 e. The van der Waals surface area contributed by atoms with E-state index >= 15 is 0 Å². The second-order valence-corrected chi connectivity index (χ2v) is 10.2. The zero-order chi connectivity index (χ0) is 21.8. The van der Waals surface area contributed by atoms with E-state index in [1.807, 2.05) is 25.3 Å². The van der Waals surface area contributed by atoms with Crippen LogP contribution in [0.2, 0.25) is 0 Å². The van der Waals surface area contributed by atoms with E-state index < -0.39 is 6.09 Å². The molecule has 1 saturated heterocycles. The lowest BCUT2D eigenvalue weighted by Gasteiger charge is -2.36. The van der Waals surface area contributed by atoms with Crippen molar-refractivity contribution in [2.45, 2.75) is 70.1 Å². The Morgan fingerprint density at radius 2 is 1.97 bits per heavy atom. The van der Waals surface area contributed by atoms with E-state index in [9.17, 15) is 9.90 Å². The van der Waals surface area contributed by atoms with Crippen molar-refractivity contribution in [2.24, 2.45) is 11.8 Å². The van der Waals surface area contributed by atoms with Crippen LogP contribution in [0.25, 0.3) is 11.1 Å². The zero-order valence-electron chi connectivity index (χ0n) is 18.7. The lowest BCUT2D eigenvalue weighted by atomic mass is 9.91. The van der Waals surface area contributed by atoms with Crippen molar-refractivity contribution in [3.05, 3.63) is 30.1 Å². The average Bonchev–Trinajstić information content (AvgIpc) is 3.45. The Balaban J connectivity index is 1.36. The van der Waals surface area contributed by atoms with Gasteiger partial charge in [0.05, 0.1) is 24.0 Å². The summed E-state index contributed by atoms with van der Waals surface area (Å²) in [5, 5.41) is 18.1. The Bertz CT molecular complexity index is 1020. The van der Waals surface area contributed by atoms with Crippen LogP contribution in [0.5, 0.6) is 5.75 Å². The number of fused-ring (bicyclic) bond motifs is 2. The summed E-state index contributed by atoms with van der Waals surface area (Å²) in [5.74, 6) is 2.42. The van der Waals surface area contributed by atoms with Crippen LogP contribution in [0, 0.1) is 11.8 Å². The third-order valence-corrected chi connectivity index (χ3v) is 8.21. The molecule has 2 aromatic rings. The van der Waals surface area contributed by atoms with E-state index in [4.69, 9.17) is 9.84 Å². The van der Waals surface area contributed by atoms with Crippen molar-refractivity contribution < 1.29 is 14.6 Å². The SMILES string of the molecule is C[C@H]1CCc2c(ccc(-c3cnn(C4CC5CNCC5C4)c3)c2OC2CCC2)N1C(=O)O. The van der Waals surface area contributed by atoms with Crippen molar-refractivity contribution in [3.8, 4) is 16.9 Å². The first-order valence-electron chi connectivity index (χ1n) is 12.2. The summed E-state index contributed by atoms with van der Waals surface area (Å²) in [4.78, 5) is 13.5. The van der Waals surface area contributed by atoms with Gasteiger partial charge in [0.1, 0.15) is 5.75 Å². The lowest BCUT2D eigenvalue weighted by molar-refractivity contribution is 0.119. The zero-order valence-corrected chi connectivity index (χ0v) is 18.7. The van der Waals surface area contributed by atoms with Crippen LogP contribution >= 0.6 is 0 Å². The number of aromatic nitrogens is 2. The summed E-state index contributed by atoms with van der Waals surface area (Å²) in [5.41, 5.74) is 3.92. The van der Waals surface area contributed by atoms with Gasteiger partial charge >= 0.3 is 6.09 Å². The maximum absolute atomic E-state index is 12.0. The van der Waals surface area contributed by atoms with Gasteiger partial charge in [-0.15, -0.1) is 0 Å². The monoisotopic (exact) mass is 436 g/mol. The number of carboxylic acid groups (broad SMARTS) is 1. The first-order valence-corrected chi connectivity index (χ1v) is 12.2. The highest BCUT2D eigenvalue weighted by Gasteiger charge is 2.38. The van der Waals surface area contributed by atoms with Crippen molar-refractivity contribution in [1.29, 1.82) is 0 Å². The number of carbonyl (C=O) groups is 1. The standard InChI is InChI=1S/C25H32N4O3/c1-15-5-6-22-23(29(15)25(30)31)8-7-21(24(22)32-20-3-2-4-20)18-13-27-28(14-18)19-9-16-11-26-12-17(16)10-19/h7-8,13-17,19-20,26H,2-6,9-12H2,1H3,(H,30,31)/t15-,16?,17?,19?/m0/s1. The summed E-state index contributed by atoms with van der Waals surface area (Å²) >= 11 is 0. The molecule has 1 amide bonds. The Morgan fingerprint density at radius 3 is 2.66 bits per heavy atom.